The first kappa shape index (κ1) is 21.2. The Balaban J connectivity index is 1.44. The second kappa shape index (κ2) is 8.71. The number of hydrogen-bond donors (Lipinski definition) is 1. The lowest BCUT2D eigenvalue weighted by Gasteiger charge is -2.20. The van der Waals surface area contributed by atoms with Crippen molar-refractivity contribution in [3.8, 4) is 5.75 Å². The molecule has 3 aromatic rings. The minimum Gasteiger partial charge on any atom is -0.491 e. The van der Waals surface area contributed by atoms with Gasteiger partial charge in [0.2, 0.25) is 5.17 Å². The topological polar surface area (TPSA) is 83.0 Å². The number of carbonyl (C=O) groups excluding carboxylic acids is 1. The van der Waals surface area contributed by atoms with Gasteiger partial charge in [0.15, 0.2) is 5.84 Å². The largest absolute Gasteiger partial charge is 0.491 e. The molecule has 3 heterocycles. The van der Waals surface area contributed by atoms with Gasteiger partial charge in [-0.25, -0.2) is 0 Å². The number of nitrogens with zero attached hydrogens (tertiary/aromatic N) is 4. The number of ether oxygens (including phenoxy) is 1. The Morgan fingerprint density at radius 3 is 2.76 bits per heavy atom. The van der Waals surface area contributed by atoms with Gasteiger partial charge in [0.05, 0.1) is 12.1 Å². The zero-order chi connectivity index (χ0) is 22.9. The minimum absolute atomic E-state index is 0.0562. The Morgan fingerprint density at radius 2 is 1.94 bits per heavy atom. The predicted molar refractivity (Wildman–Crippen MR) is 134 cm³/mol. The van der Waals surface area contributed by atoms with Gasteiger partial charge in [-0.1, -0.05) is 43.3 Å². The Labute approximate surface area is 196 Å². The molecular weight excluding hydrogens is 434 g/mol. The third-order valence-corrected chi connectivity index (χ3v) is 6.65. The number of para-hydroxylation sites is 2. The summed E-state index contributed by atoms with van der Waals surface area (Å²) in [6.07, 6.45) is 4.48. The molecule has 0 saturated carbocycles. The number of nitrogens with one attached hydrogen (secondary N) is 1. The van der Waals surface area contributed by atoms with Crippen LogP contribution in [0.3, 0.4) is 0 Å². The average molecular weight is 458 g/mol. The molecule has 7 nitrogen and oxygen atoms in total. The summed E-state index contributed by atoms with van der Waals surface area (Å²) in [7, 11) is 0. The van der Waals surface area contributed by atoms with E-state index in [4.69, 9.17) is 10.1 Å². The maximum Gasteiger partial charge on any atom is 0.283 e. The van der Waals surface area contributed by atoms with Crippen molar-refractivity contribution in [2.75, 3.05) is 6.61 Å². The summed E-state index contributed by atoms with van der Waals surface area (Å²) in [5, 5.41) is 16.7. The number of hydrogen-bond acceptors (Lipinski definition) is 5. The molecule has 0 unspecified atom stereocenters. The van der Waals surface area contributed by atoms with E-state index in [1.165, 1.54) is 16.8 Å². The maximum atomic E-state index is 12.7. The number of amides is 1. The Hall–Kier alpha value is -3.65. The van der Waals surface area contributed by atoms with E-state index in [1.807, 2.05) is 68.6 Å². The first-order valence-corrected chi connectivity index (χ1v) is 11.6. The number of aromatic nitrogens is 1. The first-order valence-electron chi connectivity index (χ1n) is 10.8. The van der Waals surface area contributed by atoms with Crippen LogP contribution in [-0.4, -0.2) is 38.1 Å². The van der Waals surface area contributed by atoms with Gasteiger partial charge in [0, 0.05) is 22.7 Å². The molecule has 0 atom stereocenters. The number of amidine groups is 2. The summed E-state index contributed by atoms with van der Waals surface area (Å²) in [6, 6.07) is 16.0. The van der Waals surface area contributed by atoms with Crippen LogP contribution in [0.4, 0.5) is 0 Å². The molecule has 8 heteroatoms. The molecule has 1 aromatic heterocycles. The van der Waals surface area contributed by atoms with Crippen molar-refractivity contribution in [2.24, 2.45) is 10.1 Å². The smallest absolute Gasteiger partial charge is 0.283 e. The molecule has 2 aromatic carbocycles. The highest BCUT2D eigenvalue weighted by atomic mass is 32.2. The number of benzene rings is 2. The fraction of sp³-hybridized carbons (Fsp3) is 0.200. The lowest BCUT2D eigenvalue weighted by molar-refractivity contribution is -0.114. The summed E-state index contributed by atoms with van der Waals surface area (Å²) in [4.78, 5) is 16.9. The van der Waals surface area contributed by atoms with Crippen molar-refractivity contribution < 1.29 is 9.53 Å². The molecule has 0 aliphatic carbocycles. The fourth-order valence-electron chi connectivity index (χ4n) is 3.88. The molecule has 5 rings (SSSR count). The third-order valence-electron chi connectivity index (χ3n) is 5.60. The third kappa shape index (κ3) is 3.98. The van der Waals surface area contributed by atoms with Gasteiger partial charge in [-0.2, -0.15) is 15.1 Å². The van der Waals surface area contributed by atoms with Crippen LogP contribution in [0.5, 0.6) is 5.75 Å². The predicted octanol–water partition coefficient (Wildman–Crippen LogP) is 5.06. The van der Waals surface area contributed by atoms with Gasteiger partial charge in [0.25, 0.3) is 5.91 Å². The van der Waals surface area contributed by atoms with Crippen LogP contribution in [0.2, 0.25) is 0 Å². The molecular formula is C25H23N5O2S. The quantitative estimate of drug-likeness (QED) is 0.525. The van der Waals surface area contributed by atoms with Crippen molar-refractivity contribution >= 4 is 50.7 Å². The van der Waals surface area contributed by atoms with E-state index in [1.54, 1.807) is 6.08 Å². The highest BCUT2D eigenvalue weighted by Gasteiger charge is 2.35. The van der Waals surface area contributed by atoms with Crippen molar-refractivity contribution in [1.82, 2.24) is 9.58 Å². The second-order valence-electron chi connectivity index (χ2n) is 7.78. The van der Waals surface area contributed by atoms with Gasteiger partial charge in [-0.15, -0.1) is 0 Å². The van der Waals surface area contributed by atoms with Gasteiger partial charge < -0.3 is 9.30 Å². The zero-order valence-electron chi connectivity index (χ0n) is 18.4. The molecule has 0 bridgehead atoms. The van der Waals surface area contributed by atoms with E-state index in [-0.39, 0.29) is 11.4 Å². The highest BCUT2D eigenvalue weighted by Crippen LogP contribution is 2.31. The highest BCUT2D eigenvalue weighted by molar-refractivity contribution is 8.26. The minimum atomic E-state index is -0.411. The molecule has 0 spiro atoms. The lowest BCUT2D eigenvalue weighted by atomic mass is 10.1. The Bertz CT molecular complexity index is 1370. The fourth-order valence-corrected chi connectivity index (χ4v) is 4.70. The molecule has 0 radical (unpaired) electrons. The van der Waals surface area contributed by atoms with Crippen LogP contribution in [0.1, 0.15) is 24.5 Å². The standard InChI is InChI=1S/C25H23N5O2S/c1-3-22-28-30-23(26)19(24(31)27-25(30)33-22)14-17-15-29(20-10-6-5-9-18(17)20)12-13-32-21-11-7-4-8-16(21)2/h4-11,14-15,26H,3,12-13H2,1-2H3/b19-14-,26-23?. The van der Waals surface area contributed by atoms with Crippen molar-refractivity contribution in [3.05, 3.63) is 71.4 Å². The Morgan fingerprint density at radius 1 is 1.15 bits per heavy atom. The molecule has 0 saturated heterocycles. The van der Waals surface area contributed by atoms with Gasteiger partial charge in [-0.3, -0.25) is 10.2 Å². The van der Waals surface area contributed by atoms with Gasteiger partial charge >= 0.3 is 0 Å². The number of carbonyl (C=O) groups is 1. The zero-order valence-corrected chi connectivity index (χ0v) is 19.2. The molecule has 2 aliphatic heterocycles. The van der Waals surface area contributed by atoms with Crippen LogP contribution in [-0.2, 0) is 11.3 Å². The molecule has 33 heavy (non-hydrogen) atoms. The molecule has 1 N–H and O–H groups in total. The number of fused-ring (bicyclic) bond motifs is 2. The number of aliphatic imine (C=N–C) groups is 1. The van der Waals surface area contributed by atoms with Crippen LogP contribution in [0.25, 0.3) is 17.0 Å². The van der Waals surface area contributed by atoms with Crippen molar-refractivity contribution in [3.63, 3.8) is 0 Å². The molecule has 1 amide bonds. The number of hydrazone groups is 1. The maximum absolute atomic E-state index is 12.7. The number of aryl methyl sites for hydroxylation is 1. The number of thioether (sulfide) groups is 1. The molecule has 0 fully saturated rings. The van der Waals surface area contributed by atoms with E-state index in [9.17, 15) is 4.79 Å². The number of rotatable bonds is 6. The van der Waals surface area contributed by atoms with E-state index >= 15 is 0 Å². The van der Waals surface area contributed by atoms with Crippen LogP contribution < -0.4 is 4.74 Å². The average Bonchev–Trinajstić information content (AvgIpc) is 3.39. The summed E-state index contributed by atoms with van der Waals surface area (Å²) >= 11 is 1.34. The lowest BCUT2D eigenvalue weighted by Crippen LogP contribution is -2.35. The van der Waals surface area contributed by atoms with Crippen molar-refractivity contribution in [2.45, 2.75) is 26.8 Å². The molecule has 2 aliphatic rings. The van der Waals surface area contributed by atoms with Crippen LogP contribution in [0, 0.1) is 12.3 Å². The van der Waals surface area contributed by atoms with Crippen LogP contribution in [0.15, 0.2) is 70.4 Å². The van der Waals surface area contributed by atoms with Crippen LogP contribution >= 0.6 is 11.8 Å². The summed E-state index contributed by atoms with van der Waals surface area (Å²) in [5.41, 5.74) is 3.24. The summed E-state index contributed by atoms with van der Waals surface area (Å²) < 4.78 is 8.10. The van der Waals surface area contributed by atoms with Gasteiger partial charge in [0.1, 0.15) is 17.4 Å². The van der Waals surface area contributed by atoms with Gasteiger partial charge in [-0.05, 0) is 48.9 Å². The summed E-state index contributed by atoms with van der Waals surface area (Å²) in [6.45, 7) is 5.19. The SMILES string of the molecule is CCC1=NN2C(=N)/C(=C/c3cn(CCOc4ccccc4C)c4ccccc34)C(=O)N=C2S1. The van der Waals surface area contributed by atoms with E-state index < -0.39 is 5.91 Å². The first-order chi connectivity index (χ1) is 16.0. The normalized spacial score (nSPS) is 16.9. The van der Waals surface area contributed by atoms with E-state index in [2.05, 4.69) is 14.7 Å². The summed E-state index contributed by atoms with van der Waals surface area (Å²) in [5.74, 6) is 0.522. The second-order valence-corrected chi connectivity index (χ2v) is 8.82. The monoisotopic (exact) mass is 457 g/mol. The van der Waals surface area contributed by atoms with E-state index in [0.29, 0.717) is 18.3 Å². The van der Waals surface area contributed by atoms with Crippen molar-refractivity contribution in [1.29, 1.82) is 5.41 Å². The van der Waals surface area contributed by atoms with E-state index in [0.717, 1.165) is 39.2 Å². The Kier molecular flexibility index (Phi) is 5.60. The molecule has 166 valence electrons.